The minimum absolute atomic E-state index is 0.108. The molecule has 5 nitrogen and oxygen atoms in total. The molecule has 0 rings (SSSR count). The largest absolute Gasteiger partial charge is 0.462 e. The number of rotatable bonds is 33. The number of hydrogen-bond acceptors (Lipinski definition) is 3. The maximum atomic E-state index is 12.3. The highest BCUT2D eigenvalue weighted by atomic mass is 16.5. The van der Waals surface area contributed by atoms with Crippen molar-refractivity contribution in [3.05, 3.63) is 24.3 Å². The average Bonchev–Trinajstić information content (AvgIpc) is 2.99. The molecular weight excluding hydrogens is 544 g/mol. The Balaban J connectivity index is 3.56. The lowest BCUT2D eigenvalue weighted by Gasteiger charge is -2.28. The van der Waals surface area contributed by atoms with Crippen molar-refractivity contribution in [2.45, 2.75) is 174 Å². The van der Waals surface area contributed by atoms with Crippen LogP contribution < -0.4 is 5.32 Å². The first-order valence-electron chi connectivity index (χ1n) is 19.0. The van der Waals surface area contributed by atoms with Gasteiger partial charge in [0.1, 0.15) is 0 Å². The second-order valence-corrected chi connectivity index (χ2v) is 13.6. The Morgan fingerprint density at radius 1 is 0.591 bits per heavy atom. The van der Waals surface area contributed by atoms with E-state index in [1.165, 1.54) is 109 Å². The fraction of sp³-hybridized carbons (Fsp3) is 0.846. The Morgan fingerprint density at radius 2 is 1.07 bits per heavy atom. The van der Waals surface area contributed by atoms with E-state index in [2.05, 4.69) is 57.6 Å². The number of nitrogens with one attached hydrogen (secondary N) is 1. The Kier molecular flexibility index (Phi) is 31.6. The zero-order chi connectivity index (χ0) is 32.4. The smallest absolute Gasteiger partial charge is 0.361 e. The van der Waals surface area contributed by atoms with E-state index >= 15 is 0 Å². The van der Waals surface area contributed by atoms with Crippen LogP contribution in [0, 0.1) is 0 Å². The van der Waals surface area contributed by atoms with Crippen LogP contribution in [0.5, 0.6) is 0 Å². The third-order valence-corrected chi connectivity index (χ3v) is 8.43. The van der Waals surface area contributed by atoms with E-state index in [4.69, 9.17) is 4.74 Å². The van der Waals surface area contributed by atoms with Crippen molar-refractivity contribution in [2.24, 2.45) is 0 Å². The van der Waals surface area contributed by atoms with Crippen LogP contribution in [0.4, 0.5) is 0 Å². The van der Waals surface area contributed by atoms with Gasteiger partial charge in [0.2, 0.25) is 5.91 Å². The lowest BCUT2D eigenvalue weighted by molar-refractivity contribution is -0.883. The van der Waals surface area contributed by atoms with Crippen LogP contribution in [0.3, 0.4) is 0 Å². The number of carbonyl (C=O) groups is 2. The van der Waals surface area contributed by atoms with Crippen molar-refractivity contribution < 1.29 is 18.8 Å². The molecule has 0 aliphatic heterocycles. The first kappa shape index (κ1) is 42.4. The second-order valence-electron chi connectivity index (χ2n) is 13.6. The summed E-state index contributed by atoms with van der Waals surface area (Å²) in [6.07, 6.45) is 39.5. The number of likely N-dealkylation sites (N-methyl/N-ethyl adjacent to an activating group) is 1. The molecular formula is C39H75N2O3+. The summed E-state index contributed by atoms with van der Waals surface area (Å²) >= 11 is 0. The second kappa shape index (κ2) is 32.8. The summed E-state index contributed by atoms with van der Waals surface area (Å²) < 4.78 is 6.10. The van der Waals surface area contributed by atoms with Crippen molar-refractivity contribution >= 4 is 11.9 Å². The van der Waals surface area contributed by atoms with Crippen molar-refractivity contribution in [3.8, 4) is 0 Å². The molecule has 0 atom stereocenters. The van der Waals surface area contributed by atoms with Gasteiger partial charge in [-0.05, 0) is 44.9 Å². The third-order valence-electron chi connectivity index (χ3n) is 8.43. The highest BCUT2D eigenvalue weighted by molar-refractivity contribution is 5.75. The molecule has 1 amide bonds. The third kappa shape index (κ3) is 33.3. The van der Waals surface area contributed by atoms with Crippen LogP contribution in [0.2, 0.25) is 0 Å². The summed E-state index contributed by atoms with van der Waals surface area (Å²) in [5.74, 6) is 0.0475. The number of allylic oxidation sites excluding steroid dienone is 4. The molecule has 0 heterocycles. The first-order chi connectivity index (χ1) is 21.4. The van der Waals surface area contributed by atoms with E-state index < -0.39 is 0 Å². The summed E-state index contributed by atoms with van der Waals surface area (Å²) in [6.45, 7) is 6.97. The highest BCUT2D eigenvalue weighted by Gasteiger charge is 2.20. The predicted octanol–water partition coefficient (Wildman–Crippen LogP) is 10.6. The lowest BCUT2D eigenvalue weighted by Crippen LogP contribution is -2.46. The first-order valence-corrected chi connectivity index (χ1v) is 19.0. The minimum atomic E-state index is -0.108. The Morgan fingerprint density at radius 3 is 1.66 bits per heavy atom. The lowest BCUT2D eigenvalue weighted by atomic mass is 10.1. The van der Waals surface area contributed by atoms with E-state index in [1.807, 2.05) is 0 Å². The Labute approximate surface area is 274 Å². The molecule has 0 aliphatic carbocycles. The van der Waals surface area contributed by atoms with E-state index in [0.29, 0.717) is 30.6 Å². The van der Waals surface area contributed by atoms with Gasteiger partial charge in [-0.2, -0.15) is 0 Å². The van der Waals surface area contributed by atoms with Gasteiger partial charge in [-0.3, -0.25) is 4.79 Å². The predicted molar refractivity (Wildman–Crippen MR) is 191 cm³/mol. The van der Waals surface area contributed by atoms with Crippen LogP contribution >= 0.6 is 0 Å². The standard InChI is InChI=1S/C39H74N2O3/c1-5-7-9-11-13-15-17-19-20-21-22-24-26-28-30-33-38(42)40-34-32-35-41(3,4)37-39(43)44-36-31-29-27-25-23-18-16-14-12-10-8-6-2/h13,15,19-20H,5-12,14,16-18,21-37H2,1-4H3/p+1/b15-13-,20-19-. The quantitative estimate of drug-likeness (QED) is 0.0344. The van der Waals surface area contributed by atoms with Crippen molar-refractivity contribution in [3.63, 3.8) is 0 Å². The Bertz CT molecular complexity index is 701. The maximum absolute atomic E-state index is 12.3. The zero-order valence-corrected chi connectivity index (χ0v) is 30.0. The zero-order valence-electron chi connectivity index (χ0n) is 30.0. The summed E-state index contributed by atoms with van der Waals surface area (Å²) in [5, 5.41) is 3.06. The molecule has 0 radical (unpaired) electrons. The number of nitrogens with zero attached hydrogens (tertiary/aromatic N) is 1. The molecule has 0 aromatic rings. The van der Waals surface area contributed by atoms with E-state index in [-0.39, 0.29) is 11.9 Å². The van der Waals surface area contributed by atoms with Gasteiger partial charge < -0.3 is 14.5 Å². The molecule has 0 unspecified atom stereocenters. The van der Waals surface area contributed by atoms with Gasteiger partial charge in [0, 0.05) is 19.4 Å². The van der Waals surface area contributed by atoms with Gasteiger partial charge in [0.15, 0.2) is 6.54 Å². The number of amides is 1. The number of carbonyl (C=O) groups excluding carboxylic acids is 2. The van der Waals surface area contributed by atoms with Gasteiger partial charge in [-0.25, -0.2) is 4.79 Å². The van der Waals surface area contributed by atoms with Crippen molar-refractivity contribution in [2.75, 3.05) is 40.3 Å². The number of hydrogen-bond donors (Lipinski definition) is 1. The van der Waals surface area contributed by atoms with Gasteiger partial charge in [-0.1, -0.05) is 141 Å². The average molecular weight is 620 g/mol. The summed E-state index contributed by atoms with van der Waals surface area (Å²) in [4.78, 5) is 24.5. The molecule has 258 valence electrons. The summed E-state index contributed by atoms with van der Waals surface area (Å²) in [5.41, 5.74) is 0. The van der Waals surface area contributed by atoms with Gasteiger partial charge in [-0.15, -0.1) is 0 Å². The Hall–Kier alpha value is -1.62. The van der Waals surface area contributed by atoms with Gasteiger partial charge in [0.05, 0.1) is 27.2 Å². The van der Waals surface area contributed by atoms with Crippen LogP contribution in [0.15, 0.2) is 24.3 Å². The maximum Gasteiger partial charge on any atom is 0.361 e. The van der Waals surface area contributed by atoms with E-state index in [0.717, 1.165) is 51.5 Å². The molecule has 0 aromatic heterocycles. The molecule has 0 spiro atoms. The van der Waals surface area contributed by atoms with Crippen molar-refractivity contribution in [1.82, 2.24) is 5.32 Å². The molecule has 0 saturated heterocycles. The van der Waals surface area contributed by atoms with E-state index in [9.17, 15) is 9.59 Å². The van der Waals surface area contributed by atoms with Gasteiger partial charge >= 0.3 is 5.97 Å². The number of unbranched alkanes of at least 4 members (excludes halogenated alkanes) is 19. The molecule has 0 fully saturated rings. The molecule has 0 bridgehead atoms. The number of esters is 1. The van der Waals surface area contributed by atoms with Crippen LogP contribution in [-0.4, -0.2) is 56.7 Å². The van der Waals surface area contributed by atoms with E-state index in [1.54, 1.807) is 0 Å². The minimum Gasteiger partial charge on any atom is -0.462 e. The number of ether oxygens (including phenoxy) is 1. The topological polar surface area (TPSA) is 55.4 Å². The van der Waals surface area contributed by atoms with Crippen molar-refractivity contribution in [1.29, 1.82) is 0 Å². The molecule has 0 saturated carbocycles. The molecule has 5 heteroatoms. The molecule has 0 aromatic carbocycles. The molecule has 0 aliphatic rings. The normalized spacial score (nSPS) is 12.0. The van der Waals surface area contributed by atoms with Gasteiger partial charge in [0.25, 0.3) is 0 Å². The number of quaternary nitrogens is 1. The SMILES string of the molecule is CCCCC/C=C\C/C=C\CCCCCCCC(=O)NCCC[N+](C)(C)CC(=O)OCCCCCCCCCCCCCC. The monoisotopic (exact) mass is 620 g/mol. The molecule has 44 heavy (non-hydrogen) atoms. The summed E-state index contributed by atoms with van der Waals surface area (Å²) in [7, 11) is 4.13. The van der Waals surface area contributed by atoms with Crippen LogP contribution in [0.25, 0.3) is 0 Å². The fourth-order valence-corrected chi connectivity index (χ4v) is 5.52. The van der Waals surface area contributed by atoms with Crippen LogP contribution in [0.1, 0.15) is 174 Å². The summed E-state index contributed by atoms with van der Waals surface area (Å²) in [6, 6.07) is 0. The fourth-order valence-electron chi connectivity index (χ4n) is 5.52. The molecule has 1 N–H and O–H groups in total. The van der Waals surface area contributed by atoms with Crippen LogP contribution in [-0.2, 0) is 14.3 Å². The highest BCUT2D eigenvalue weighted by Crippen LogP contribution is 2.12.